The third-order valence-electron chi connectivity index (χ3n) is 3.54. The maximum atomic E-state index is 12.5. The van der Waals surface area contributed by atoms with Crippen LogP contribution in [0.25, 0.3) is 0 Å². The van der Waals surface area contributed by atoms with E-state index in [2.05, 4.69) is 4.98 Å². The number of sulfonamides is 1. The quantitative estimate of drug-likeness (QED) is 0.867. The molecular weight excluding hydrogens is 286 g/mol. The predicted octanol–water partition coefficient (Wildman–Crippen LogP) is 0.958. The number of rotatable bonds is 3. The fourth-order valence-corrected chi connectivity index (χ4v) is 5.35. The van der Waals surface area contributed by atoms with Gasteiger partial charge in [-0.05, 0) is 19.8 Å². The molecule has 2 atom stereocenters. The maximum Gasteiger partial charge on any atom is 0.254 e. The zero-order chi connectivity index (χ0) is 14.2. The van der Waals surface area contributed by atoms with E-state index >= 15 is 0 Å². The summed E-state index contributed by atoms with van der Waals surface area (Å²) in [6, 6.07) is -0.360. The van der Waals surface area contributed by atoms with Gasteiger partial charge in [0.2, 0.25) is 0 Å². The van der Waals surface area contributed by atoms with Gasteiger partial charge in [-0.3, -0.25) is 0 Å². The highest BCUT2D eigenvalue weighted by Gasteiger charge is 2.36. The Morgan fingerprint density at radius 2 is 2.05 bits per heavy atom. The highest BCUT2D eigenvalue weighted by Crippen LogP contribution is 2.31. The molecule has 0 amide bonds. The summed E-state index contributed by atoms with van der Waals surface area (Å²) in [5.41, 5.74) is 5.97. The minimum atomic E-state index is -3.63. The molecule has 1 aliphatic carbocycles. The Morgan fingerprint density at radius 3 is 2.58 bits per heavy atom. The van der Waals surface area contributed by atoms with E-state index in [0.29, 0.717) is 18.5 Å². The molecule has 0 bridgehead atoms. The standard InChI is InChI=1S/C11H19N3O3S2/c1-7-10(18-11(12)13-7)19(16,17)14(2)8-5-3-4-6-9(8)15/h8-9,15H,3-6H2,1-2H3,(H2,12,13). The smallest absolute Gasteiger partial charge is 0.254 e. The Balaban J connectivity index is 2.31. The number of hydrogen-bond donors (Lipinski definition) is 2. The van der Waals surface area contributed by atoms with Crippen LogP contribution in [0.15, 0.2) is 4.21 Å². The van der Waals surface area contributed by atoms with Crippen LogP contribution in [-0.2, 0) is 10.0 Å². The number of aliphatic hydroxyl groups is 1. The van der Waals surface area contributed by atoms with E-state index in [1.54, 1.807) is 6.92 Å². The van der Waals surface area contributed by atoms with Crippen LogP contribution in [0.1, 0.15) is 31.4 Å². The van der Waals surface area contributed by atoms with Gasteiger partial charge in [0, 0.05) is 7.05 Å². The van der Waals surface area contributed by atoms with Crippen molar-refractivity contribution in [2.45, 2.75) is 49.0 Å². The molecule has 0 saturated heterocycles. The Labute approximate surface area is 117 Å². The number of anilines is 1. The van der Waals surface area contributed by atoms with Crippen molar-refractivity contribution in [2.24, 2.45) is 0 Å². The molecule has 0 radical (unpaired) electrons. The van der Waals surface area contributed by atoms with Crippen molar-refractivity contribution in [3.8, 4) is 0 Å². The fraction of sp³-hybridized carbons (Fsp3) is 0.727. The van der Waals surface area contributed by atoms with Gasteiger partial charge in [-0.2, -0.15) is 4.31 Å². The first-order valence-electron chi connectivity index (χ1n) is 6.23. The van der Waals surface area contributed by atoms with Gasteiger partial charge < -0.3 is 10.8 Å². The average Bonchev–Trinajstić information content (AvgIpc) is 2.69. The Hall–Kier alpha value is -0.700. The summed E-state index contributed by atoms with van der Waals surface area (Å²) in [5, 5.41) is 10.2. The second kappa shape index (κ2) is 5.35. The Bertz CT molecular complexity index is 556. The lowest BCUT2D eigenvalue weighted by atomic mass is 9.93. The van der Waals surface area contributed by atoms with Crippen molar-refractivity contribution in [2.75, 3.05) is 12.8 Å². The van der Waals surface area contributed by atoms with Crippen LogP contribution < -0.4 is 5.73 Å². The predicted molar refractivity (Wildman–Crippen MR) is 74.5 cm³/mol. The normalized spacial score (nSPS) is 24.8. The zero-order valence-electron chi connectivity index (χ0n) is 11.0. The summed E-state index contributed by atoms with van der Waals surface area (Å²) in [6.45, 7) is 1.63. The van der Waals surface area contributed by atoms with Crippen molar-refractivity contribution in [1.29, 1.82) is 0 Å². The van der Waals surface area contributed by atoms with E-state index < -0.39 is 16.1 Å². The fourth-order valence-electron chi connectivity index (χ4n) is 2.47. The molecule has 6 nitrogen and oxygen atoms in total. The molecule has 0 aliphatic heterocycles. The monoisotopic (exact) mass is 305 g/mol. The van der Waals surface area contributed by atoms with Crippen molar-refractivity contribution < 1.29 is 13.5 Å². The molecule has 19 heavy (non-hydrogen) atoms. The van der Waals surface area contributed by atoms with E-state index in [-0.39, 0.29) is 15.4 Å². The third kappa shape index (κ3) is 2.76. The highest BCUT2D eigenvalue weighted by molar-refractivity contribution is 7.91. The average molecular weight is 305 g/mol. The van der Waals surface area contributed by atoms with Gasteiger partial charge in [0.1, 0.15) is 0 Å². The largest absolute Gasteiger partial charge is 0.391 e. The summed E-state index contributed by atoms with van der Waals surface area (Å²) < 4.78 is 26.5. The summed E-state index contributed by atoms with van der Waals surface area (Å²) in [5.74, 6) is 0. The molecular formula is C11H19N3O3S2. The van der Waals surface area contributed by atoms with Gasteiger partial charge in [0.15, 0.2) is 9.34 Å². The van der Waals surface area contributed by atoms with Gasteiger partial charge in [0.25, 0.3) is 10.0 Å². The van der Waals surface area contributed by atoms with Gasteiger partial charge >= 0.3 is 0 Å². The van der Waals surface area contributed by atoms with Crippen LogP contribution in [0.5, 0.6) is 0 Å². The van der Waals surface area contributed by atoms with Crippen LogP contribution >= 0.6 is 11.3 Å². The lowest BCUT2D eigenvalue weighted by Crippen LogP contribution is -2.46. The number of nitrogens with zero attached hydrogens (tertiary/aromatic N) is 2. The molecule has 1 fully saturated rings. The van der Waals surface area contributed by atoms with Crippen molar-refractivity contribution in [3.05, 3.63) is 5.69 Å². The van der Waals surface area contributed by atoms with Crippen LogP contribution in [0.3, 0.4) is 0 Å². The molecule has 2 rings (SSSR count). The van der Waals surface area contributed by atoms with Crippen LogP contribution in [0.2, 0.25) is 0 Å². The van der Waals surface area contributed by atoms with Gasteiger partial charge in [-0.1, -0.05) is 24.2 Å². The summed E-state index contributed by atoms with van der Waals surface area (Å²) >= 11 is 0.970. The molecule has 0 aromatic carbocycles. The number of thiazole rings is 1. The second-order valence-corrected chi connectivity index (χ2v) is 8.09. The first-order valence-corrected chi connectivity index (χ1v) is 8.48. The van der Waals surface area contributed by atoms with E-state index in [0.717, 1.165) is 24.2 Å². The molecule has 3 N–H and O–H groups in total. The van der Waals surface area contributed by atoms with Gasteiger partial charge in [0.05, 0.1) is 17.8 Å². The van der Waals surface area contributed by atoms with Crippen molar-refractivity contribution in [1.82, 2.24) is 9.29 Å². The van der Waals surface area contributed by atoms with Gasteiger partial charge in [-0.25, -0.2) is 13.4 Å². The van der Waals surface area contributed by atoms with E-state index in [1.807, 2.05) is 0 Å². The number of hydrogen-bond acceptors (Lipinski definition) is 6. The zero-order valence-corrected chi connectivity index (χ0v) is 12.7. The Kier molecular flexibility index (Phi) is 4.14. The number of nitrogen functional groups attached to an aromatic ring is 1. The minimum absolute atomic E-state index is 0.172. The molecule has 1 aromatic rings. The first-order chi connectivity index (χ1) is 8.84. The molecule has 108 valence electrons. The number of aliphatic hydroxyl groups excluding tert-OH is 1. The van der Waals surface area contributed by atoms with Crippen LogP contribution in [-0.4, -0.2) is 42.0 Å². The molecule has 1 aliphatic rings. The first kappa shape index (κ1) is 14.7. The Morgan fingerprint density at radius 1 is 1.42 bits per heavy atom. The number of aryl methyl sites for hydroxylation is 1. The SMILES string of the molecule is Cc1nc(N)sc1S(=O)(=O)N(C)C1CCCCC1O. The maximum absolute atomic E-state index is 12.5. The lowest BCUT2D eigenvalue weighted by Gasteiger charge is -2.34. The van der Waals surface area contributed by atoms with Crippen molar-refractivity contribution >= 4 is 26.5 Å². The molecule has 1 heterocycles. The second-order valence-electron chi connectivity index (χ2n) is 4.87. The third-order valence-corrected chi connectivity index (χ3v) is 7.00. The lowest BCUT2D eigenvalue weighted by molar-refractivity contribution is 0.0638. The topological polar surface area (TPSA) is 96.5 Å². The molecule has 1 aromatic heterocycles. The van der Waals surface area contributed by atoms with Crippen LogP contribution in [0.4, 0.5) is 5.13 Å². The highest BCUT2D eigenvalue weighted by atomic mass is 32.2. The number of aromatic nitrogens is 1. The minimum Gasteiger partial charge on any atom is -0.391 e. The number of likely N-dealkylation sites (N-methyl/N-ethyl adjacent to an activating group) is 1. The van der Waals surface area contributed by atoms with E-state index in [4.69, 9.17) is 5.73 Å². The van der Waals surface area contributed by atoms with E-state index in [1.165, 1.54) is 11.4 Å². The van der Waals surface area contributed by atoms with E-state index in [9.17, 15) is 13.5 Å². The molecule has 1 saturated carbocycles. The number of nitrogens with two attached hydrogens (primary N) is 1. The van der Waals surface area contributed by atoms with Crippen molar-refractivity contribution in [3.63, 3.8) is 0 Å². The van der Waals surface area contributed by atoms with Crippen LogP contribution in [0, 0.1) is 6.92 Å². The summed E-state index contributed by atoms with van der Waals surface area (Å²) in [4.78, 5) is 3.95. The summed E-state index contributed by atoms with van der Waals surface area (Å²) in [7, 11) is -2.11. The van der Waals surface area contributed by atoms with Gasteiger partial charge in [-0.15, -0.1) is 0 Å². The summed E-state index contributed by atoms with van der Waals surface area (Å²) in [6.07, 6.45) is 2.61. The molecule has 0 spiro atoms. The molecule has 2 unspecified atom stereocenters. The molecule has 8 heteroatoms.